The molecule has 0 N–H and O–H groups in total. The van der Waals surface area contributed by atoms with Crippen LogP contribution in [-0.2, 0) is 22.7 Å². The van der Waals surface area contributed by atoms with Gasteiger partial charge in [-0.25, -0.2) is 9.78 Å². The van der Waals surface area contributed by atoms with E-state index >= 15 is 0 Å². The molecule has 0 radical (unpaired) electrons. The van der Waals surface area contributed by atoms with Crippen molar-refractivity contribution in [2.75, 3.05) is 0 Å². The number of aromatic nitrogens is 2. The van der Waals surface area contributed by atoms with Crippen molar-refractivity contribution < 1.29 is 9.53 Å². The molecule has 0 aliphatic rings. The molecule has 0 unspecified atom stereocenters. The number of hydrogen-bond donors (Lipinski definition) is 0. The third-order valence-corrected chi connectivity index (χ3v) is 5.56. The molecule has 3 aromatic rings. The summed E-state index contributed by atoms with van der Waals surface area (Å²) < 4.78 is 7.52. The molecule has 3 rings (SSSR count). The topological polar surface area (TPSA) is 67.9 Å². The molecule has 2 heterocycles. The number of esters is 1. The van der Waals surface area contributed by atoms with Crippen LogP contribution in [0.2, 0.25) is 0 Å². The Morgan fingerprint density at radius 2 is 2.07 bits per heavy atom. The van der Waals surface area contributed by atoms with E-state index in [9.17, 15) is 10.1 Å². The Morgan fingerprint density at radius 3 is 2.76 bits per heavy atom. The summed E-state index contributed by atoms with van der Waals surface area (Å²) in [5.74, 6) is -0.637. The van der Waals surface area contributed by atoms with Crippen LogP contribution >= 0.6 is 11.3 Å². The summed E-state index contributed by atoms with van der Waals surface area (Å²) in [5.41, 5.74) is 4.69. The van der Waals surface area contributed by atoms with E-state index in [4.69, 9.17) is 4.74 Å². The van der Waals surface area contributed by atoms with E-state index in [-0.39, 0.29) is 12.2 Å². The van der Waals surface area contributed by atoms with Crippen LogP contribution in [0.15, 0.2) is 47.4 Å². The Bertz CT molecular complexity index is 1070. The molecule has 0 saturated carbocycles. The fraction of sp³-hybridized carbons (Fsp3) is 0.261. The van der Waals surface area contributed by atoms with Crippen LogP contribution in [0.4, 0.5) is 0 Å². The Hall–Kier alpha value is -3.17. The first kappa shape index (κ1) is 20.6. The molecule has 1 aromatic carbocycles. The molecule has 2 aromatic heterocycles. The van der Waals surface area contributed by atoms with Gasteiger partial charge in [0.1, 0.15) is 23.3 Å². The summed E-state index contributed by atoms with van der Waals surface area (Å²) >= 11 is 1.50. The second-order valence-corrected chi connectivity index (χ2v) is 7.59. The van der Waals surface area contributed by atoms with Crippen molar-refractivity contribution in [1.82, 2.24) is 9.55 Å². The SMILES string of the molecule is CCCn1c(C)cc(/C=C(\C#N)C(=O)OCc2csc(-c3ccccc3)n2)c1C. The molecule has 0 aliphatic heterocycles. The molecule has 0 bridgehead atoms. The molecule has 0 aliphatic carbocycles. The number of benzene rings is 1. The van der Waals surface area contributed by atoms with E-state index in [2.05, 4.69) is 16.5 Å². The van der Waals surface area contributed by atoms with E-state index in [0.29, 0.717) is 5.69 Å². The van der Waals surface area contributed by atoms with E-state index in [1.807, 2.05) is 61.7 Å². The van der Waals surface area contributed by atoms with E-state index in [1.54, 1.807) is 6.08 Å². The van der Waals surface area contributed by atoms with Crippen molar-refractivity contribution >= 4 is 23.4 Å². The van der Waals surface area contributed by atoms with E-state index in [1.165, 1.54) is 11.3 Å². The van der Waals surface area contributed by atoms with Gasteiger partial charge in [-0.05, 0) is 38.0 Å². The molecule has 0 saturated heterocycles. The van der Waals surface area contributed by atoms with Gasteiger partial charge in [0.25, 0.3) is 0 Å². The largest absolute Gasteiger partial charge is 0.455 e. The van der Waals surface area contributed by atoms with Crippen LogP contribution in [0.25, 0.3) is 16.6 Å². The third kappa shape index (κ3) is 4.82. The molecule has 0 spiro atoms. The smallest absolute Gasteiger partial charge is 0.349 e. The first-order chi connectivity index (χ1) is 14.0. The molecule has 6 heteroatoms. The summed E-state index contributed by atoms with van der Waals surface area (Å²) in [6, 6.07) is 13.8. The monoisotopic (exact) mass is 405 g/mol. The number of thiazole rings is 1. The minimum absolute atomic E-state index is 0.0136. The van der Waals surface area contributed by atoms with Crippen molar-refractivity contribution in [1.29, 1.82) is 5.26 Å². The van der Waals surface area contributed by atoms with Crippen molar-refractivity contribution in [3.63, 3.8) is 0 Å². The lowest BCUT2D eigenvalue weighted by Crippen LogP contribution is -2.07. The van der Waals surface area contributed by atoms with Gasteiger partial charge in [0.2, 0.25) is 0 Å². The Morgan fingerprint density at radius 1 is 1.31 bits per heavy atom. The maximum Gasteiger partial charge on any atom is 0.349 e. The van der Waals surface area contributed by atoms with Gasteiger partial charge in [0.15, 0.2) is 0 Å². The van der Waals surface area contributed by atoms with Crippen LogP contribution in [0.1, 0.15) is 36.0 Å². The molecular formula is C23H23N3O2S. The van der Waals surface area contributed by atoms with Gasteiger partial charge >= 0.3 is 5.97 Å². The zero-order chi connectivity index (χ0) is 20.8. The zero-order valence-corrected chi connectivity index (χ0v) is 17.6. The molecular weight excluding hydrogens is 382 g/mol. The first-order valence-electron chi connectivity index (χ1n) is 9.49. The maximum absolute atomic E-state index is 12.4. The molecule has 0 atom stereocenters. The first-order valence-corrected chi connectivity index (χ1v) is 10.4. The summed E-state index contributed by atoms with van der Waals surface area (Å²) in [5, 5.41) is 12.2. The number of aryl methyl sites for hydroxylation is 1. The number of nitrogens with zero attached hydrogens (tertiary/aromatic N) is 3. The standard InChI is InChI=1S/C23H23N3O2S/c1-4-10-26-16(2)11-19(17(26)3)12-20(13-24)23(27)28-14-21-15-29-22(25-21)18-8-6-5-7-9-18/h5-9,11-12,15H,4,10,14H2,1-3H3/b20-12+. The van der Waals surface area contributed by atoms with Crippen molar-refractivity contribution in [2.24, 2.45) is 0 Å². The predicted molar refractivity (Wildman–Crippen MR) is 115 cm³/mol. The van der Waals surface area contributed by atoms with Crippen LogP contribution in [-0.4, -0.2) is 15.5 Å². The lowest BCUT2D eigenvalue weighted by Gasteiger charge is -2.07. The molecule has 0 fully saturated rings. The summed E-state index contributed by atoms with van der Waals surface area (Å²) in [6.07, 6.45) is 2.62. The highest BCUT2D eigenvalue weighted by atomic mass is 32.1. The van der Waals surface area contributed by atoms with Crippen molar-refractivity contribution in [3.8, 4) is 16.6 Å². The van der Waals surface area contributed by atoms with Crippen LogP contribution in [0, 0.1) is 25.2 Å². The Kier molecular flexibility index (Phi) is 6.63. The minimum Gasteiger partial charge on any atom is -0.455 e. The van der Waals surface area contributed by atoms with Gasteiger partial charge in [-0.2, -0.15) is 5.26 Å². The Balaban J connectivity index is 1.70. The highest BCUT2D eigenvalue weighted by Crippen LogP contribution is 2.24. The van der Waals surface area contributed by atoms with Gasteiger partial charge < -0.3 is 9.30 Å². The molecule has 29 heavy (non-hydrogen) atoms. The second-order valence-electron chi connectivity index (χ2n) is 6.73. The van der Waals surface area contributed by atoms with Crippen molar-refractivity contribution in [3.05, 3.63) is 70.0 Å². The summed E-state index contributed by atoms with van der Waals surface area (Å²) in [7, 11) is 0. The number of rotatable bonds is 7. The predicted octanol–water partition coefficient (Wildman–Crippen LogP) is 5.29. The molecule has 148 valence electrons. The average molecular weight is 406 g/mol. The van der Waals surface area contributed by atoms with Gasteiger partial charge in [0.05, 0.1) is 5.69 Å². The van der Waals surface area contributed by atoms with Crippen LogP contribution < -0.4 is 0 Å². The van der Waals surface area contributed by atoms with Crippen LogP contribution in [0.5, 0.6) is 0 Å². The molecule has 0 amide bonds. The van der Waals surface area contributed by atoms with E-state index in [0.717, 1.165) is 40.5 Å². The lowest BCUT2D eigenvalue weighted by atomic mass is 10.1. The lowest BCUT2D eigenvalue weighted by molar-refractivity contribution is -0.139. The fourth-order valence-electron chi connectivity index (χ4n) is 3.14. The maximum atomic E-state index is 12.4. The molecule has 5 nitrogen and oxygen atoms in total. The summed E-state index contributed by atoms with van der Waals surface area (Å²) in [6.45, 7) is 7.09. The van der Waals surface area contributed by atoms with Gasteiger partial charge in [-0.15, -0.1) is 11.3 Å². The van der Waals surface area contributed by atoms with Crippen LogP contribution in [0.3, 0.4) is 0 Å². The van der Waals surface area contributed by atoms with Crippen molar-refractivity contribution in [2.45, 2.75) is 40.3 Å². The Labute approximate surface area is 174 Å². The van der Waals surface area contributed by atoms with Gasteiger partial charge in [-0.3, -0.25) is 0 Å². The highest BCUT2D eigenvalue weighted by molar-refractivity contribution is 7.13. The number of nitriles is 1. The zero-order valence-electron chi connectivity index (χ0n) is 16.8. The minimum atomic E-state index is -0.637. The van der Waals surface area contributed by atoms with Gasteiger partial charge in [-0.1, -0.05) is 37.3 Å². The average Bonchev–Trinajstić information content (AvgIpc) is 3.31. The summed E-state index contributed by atoms with van der Waals surface area (Å²) in [4.78, 5) is 16.9. The highest BCUT2D eigenvalue weighted by Gasteiger charge is 2.15. The second kappa shape index (κ2) is 9.35. The normalized spacial score (nSPS) is 11.3. The van der Waals surface area contributed by atoms with Gasteiger partial charge in [0, 0.05) is 28.9 Å². The quantitative estimate of drug-likeness (QED) is 0.304. The third-order valence-electron chi connectivity index (χ3n) is 4.62. The number of hydrogen-bond acceptors (Lipinski definition) is 5. The fourth-order valence-corrected chi connectivity index (χ4v) is 3.95. The number of ether oxygens (including phenoxy) is 1. The van der Waals surface area contributed by atoms with E-state index < -0.39 is 5.97 Å². The number of carbonyl (C=O) groups excluding carboxylic acids is 1. The number of carbonyl (C=O) groups is 1.